The highest BCUT2D eigenvalue weighted by Gasteiger charge is 2.28. The summed E-state index contributed by atoms with van der Waals surface area (Å²) in [5.41, 5.74) is 7.41. The Bertz CT molecular complexity index is 1260. The highest BCUT2D eigenvalue weighted by Crippen LogP contribution is 2.25. The molecule has 0 saturated carbocycles. The van der Waals surface area contributed by atoms with Gasteiger partial charge in [0.1, 0.15) is 22.7 Å². The number of imidazole rings is 1. The summed E-state index contributed by atoms with van der Waals surface area (Å²) in [5.74, 6) is 1.15. The van der Waals surface area contributed by atoms with Crippen LogP contribution in [0.2, 0.25) is 0 Å². The van der Waals surface area contributed by atoms with Crippen LogP contribution in [0.3, 0.4) is 0 Å². The van der Waals surface area contributed by atoms with Crippen molar-refractivity contribution < 1.29 is 4.40 Å². The van der Waals surface area contributed by atoms with Crippen molar-refractivity contribution in [3.63, 3.8) is 0 Å². The zero-order chi connectivity index (χ0) is 20.0. The van der Waals surface area contributed by atoms with Crippen LogP contribution in [0.25, 0.3) is 16.7 Å². The molecule has 5 heteroatoms. The van der Waals surface area contributed by atoms with Crippen molar-refractivity contribution in [2.75, 3.05) is 36.0 Å². The lowest BCUT2D eigenvalue weighted by Gasteiger charge is -2.35. The monoisotopic (exact) mass is 382 g/mol. The van der Waals surface area contributed by atoms with Gasteiger partial charge in [0.2, 0.25) is 11.5 Å². The summed E-state index contributed by atoms with van der Waals surface area (Å²) in [7, 11) is 0. The molecule has 1 saturated heterocycles. The average Bonchev–Trinajstić information content (AvgIpc) is 3.13. The number of aromatic nitrogens is 2. The number of nitrogens with zero attached hydrogens (tertiary/aromatic N) is 4. The van der Waals surface area contributed by atoms with Gasteiger partial charge in [0.15, 0.2) is 0 Å². The van der Waals surface area contributed by atoms with E-state index in [0.29, 0.717) is 5.56 Å². The smallest absolute Gasteiger partial charge is 0.250 e. The molecule has 0 amide bonds. The van der Waals surface area contributed by atoms with Crippen LogP contribution in [0.1, 0.15) is 16.7 Å². The first kappa shape index (κ1) is 17.6. The molecular weight excluding hydrogens is 358 g/mol. The molecule has 0 atom stereocenters. The molecule has 29 heavy (non-hydrogen) atoms. The highest BCUT2D eigenvalue weighted by molar-refractivity contribution is 5.77. The number of pyridine rings is 1. The van der Waals surface area contributed by atoms with Gasteiger partial charge in [-0.3, -0.25) is 9.88 Å². The predicted molar refractivity (Wildman–Crippen MR) is 117 cm³/mol. The first-order valence-electron chi connectivity index (χ1n) is 10.1. The molecule has 144 valence electrons. The van der Waals surface area contributed by atoms with E-state index in [2.05, 4.69) is 80.7 Å². The number of piperazine rings is 1. The fraction of sp³-hybridized carbons (Fsp3) is 0.250. The van der Waals surface area contributed by atoms with Crippen LogP contribution in [0, 0.1) is 25.2 Å². The van der Waals surface area contributed by atoms with Crippen molar-refractivity contribution in [1.29, 1.82) is 5.26 Å². The summed E-state index contributed by atoms with van der Waals surface area (Å²) >= 11 is 0. The lowest BCUT2D eigenvalue weighted by Crippen LogP contribution is -2.49. The average molecular weight is 382 g/mol. The summed E-state index contributed by atoms with van der Waals surface area (Å²) in [6.07, 6.45) is 0. The molecule has 4 aromatic rings. The second-order valence-corrected chi connectivity index (χ2v) is 7.76. The second-order valence-electron chi connectivity index (χ2n) is 7.76. The molecule has 0 aliphatic carbocycles. The predicted octanol–water partition coefficient (Wildman–Crippen LogP) is 3.72. The lowest BCUT2D eigenvalue weighted by molar-refractivity contribution is -0.467. The first-order valence-corrected chi connectivity index (χ1v) is 10.1. The topological polar surface area (TPSA) is 50.2 Å². The quantitative estimate of drug-likeness (QED) is 0.538. The van der Waals surface area contributed by atoms with Crippen LogP contribution in [0.5, 0.6) is 0 Å². The molecule has 1 N–H and O–H groups in total. The van der Waals surface area contributed by atoms with Gasteiger partial charge in [0, 0.05) is 24.8 Å². The van der Waals surface area contributed by atoms with Crippen molar-refractivity contribution >= 4 is 28.2 Å². The Kier molecular flexibility index (Phi) is 4.13. The number of anilines is 2. The van der Waals surface area contributed by atoms with Gasteiger partial charge in [-0.25, -0.2) is 0 Å². The van der Waals surface area contributed by atoms with Crippen LogP contribution in [-0.4, -0.2) is 31.2 Å². The minimum Gasteiger partial charge on any atom is -0.365 e. The Morgan fingerprint density at radius 3 is 2.34 bits per heavy atom. The SMILES string of the molecule is Cc1ccccc1N1CCN(c2cc(C)c(C#N)c3[nH]c4ccccc4[n+]23)CC1. The van der Waals surface area contributed by atoms with E-state index in [1.807, 2.05) is 13.0 Å². The van der Waals surface area contributed by atoms with Crippen LogP contribution < -0.4 is 14.2 Å². The third-order valence-corrected chi connectivity index (χ3v) is 6.00. The molecule has 3 heterocycles. The number of benzene rings is 2. The zero-order valence-corrected chi connectivity index (χ0v) is 16.8. The van der Waals surface area contributed by atoms with Gasteiger partial charge < -0.3 is 4.90 Å². The van der Waals surface area contributed by atoms with Crippen LogP contribution in [-0.2, 0) is 0 Å². The Labute approximate surface area is 170 Å². The summed E-state index contributed by atoms with van der Waals surface area (Å²) < 4.78 is 2.21. The van der Waals surface area contributed by atoms with E-state index in [9.17, 15) is 5.26 Å². The Morgan fingerprint density at radius 1 is 0.897 bits per heavy atom. The van der Waals surface area contributed by atoms with Crippen molar-refractivity contribution in [3.05, 3.63) is 71.3 Å². The van der Waals surface area contributed by atoms with Gasteiger partial charge >= 0.3 is 0 Å². The van der Waals surface area contributed by atoms with Crippen molar-refractivity contribution in [1.82, 2.24) is 4.98 Å². The number of aromatic amines is 1. The van der Waals surface area contributed by atoms with Crippen LogP contribution in [0.4, 0.5) is 11.5 Å². The fourth-order valence-corrected chi connectivity index (χ4v) is 4.48. The number of rotatable bonds is 2. The van der Waals surface area contributed by atoms with Gasteiger partial charge in [-0.1, -0.05) is 30.3 Å². The minimum atomic E-state index is 0.712. The van der Waals surface area contributed by atoms with Gasteiger partial charge in [0.25, 0.3) is 0 Å². The lowest BCUT2D eigenvalue weighted by atomic mass is 10.1. The van der Waals surface area contributed by atoms with E-state index < -0.39 is 0 Å². The Morgan fingerprint density at radius 2 is 1.59 bits per heavy atom. The van der Waals surface area contributed by atoms with E-state index >= 15 is 0 Å². The number of nitriles is 1. The molecular formula is C24H24N5+. The molecule has 0 bridgehead atoms. The van der Waals surface area contributed by atoms with Crippen LogP contribution >= 0.6 is 0 Å². The standard InChI is InChI=1S/C24H23N5/c1-17-7-3-5-9-21(17)27-11-13-28(14-12-27)23-15-18(2)19(16-25)24-26-20-8-4-6-10-22(20)29(23)24/h3-10,15H,11-14H2,1-2H3/p+1. The van der Waals surface area contributed by atoms with Gasteiger partial charge in [-0.15, -0.1) is 0 Å². The van der Waals surface area contributed by atoms with E-state index in [-0.39, 0.29) is 0 Å². The normalized spacial score (nSPS) is 14.5. The molecule has 5 nitrogen and oxygen atoms in total. The molecule has 2 aromatic heterocycles. The van der Waals surface area contributed by atoms with Crippen molar-refractivity contribution in [3.8, 4) is 6.07 Å². The molecule has 1 aliphatic rings. The molecule has 0 spiro atoms. The number of H-pyrrole nitrogens is 1. The maximum absolute atomic E-state index is 9.73. The maximum Gasteiger partial charge on any atom is 0.250 e. The maximum atomic E-state index is 9.73. The third kappa shape index (κ3) is 2.80. The number of fused-ring (bicyclic) bond motifs is 3. The van der Waals surface area contributed by atoms with Crippen LogP contribution in [0.15, 0.2) is 54.6 Å². The van der Waals surface area contributed by atoms with Gasteiger partial charge in [-0.05, 0) is 43.2 Å². The molecule has 5 rings (SSSR count). The highest BCUT2D eigenvalue weighted by atomic mass is 15.3. The van der Waals surface area contributed by atoms with E-state index in [4.69, 9.17) is 0 Å². The van der Waals surface area contributed by atoms with E-state index in [1.165, 1.54) is 11.3 Å². The summed E-state index contributed by atoms with van der Waals surface area (Å²) in [4.78, 5) is 8.38. The summed E-state index contributed by atoms with van der Waals surface area (Å²) in [6.45, 7) is 8.05. The Balaban J connectivity index is 1.56. The van der Waals surface area contributed by atoms with E-state index in [1.54, 1.807) is 0 Å². The Hall–Kier alpha value is -3.52. The van der Waals surface area contributed by atoms with Crippen molar-refractivity contribution in [2.45, 2.75) is 13.8 Å². The number of aryl methyl sites for hydroxylation is 2. The van der Waals surface area contributed by atoms with Crippen molar-refractivity contribution in [2.24, 2.45) is 0 Å². The summed E-state index contributed by atoms with van der Waals surface area (Å²) in [5, 5.41) is 9.73. The molecule has 1 aliphatic heterocycles. The molecule has 2 aromatic carbocycles. The third-order valence-electron chi connectivity index (χ3n) is 6.00. The molecule has 1 fully saturated rings. The number of hydrogen-bond donors (Lipinski definition) is 1. The number of hydrogen-bond acceptors (Lipinski definition) is 3. The van der Waals surface area contributed by atoms with Gasteiger partial charge in [-0.2, -0.15) is 9.66 Å². The zero-order valence-electron chi connectivity index (χ0n) is 16.8. The largest absolute Gasteiger partial charge is 0.365 e. The molecule has 0 radical (unpaired) electrons. The summed E-state index contributed by atoms with van der Waals surface area (Å²) in [6, 6.07) is 21.4. The fourth-order valence-electron chi connectivity index (χ4n) is 4.48. The van der Waals surface area contributed by atoms with Gasteiger partial charge in [0.05, 0.1) is 13.1 Å². The number of nitrogens with one attached hydrogen (secondary N) is 1. The second kappa shape index (κ2) is 6.82. The first-order chi connectivity index (χ1) is 14.2. The number of para-hydroxylation sites is 3. The van der Waals surface area contributed by atoms with E-state index in [0.717, 1.165) is 54.2 Å². The minimum absolute atomic E-state index is 0.712. The molecule has 0 unspecified atom stereocenters.